The zero-order valence-electron chi connectivity index (χ0n) is 19.6. The maximum Gasteiger partial charge on any atom is 0.230 e. The normalized spacial score (nSPS) is 15.0. The summed E-state index contributed by atoms with van der Waals surface area (Å²) in [5.74, 6) is 1.70. The summed E-state index contributed by atoms with van der Waals surface area (Å²) in [6.45, 7) is 4.29. The quantitative estimate of drug-likeness (QED) is 0.229. The van der Waals surface area contributed by atoms with Crippen LogP contribution in [0.1, 0.15) is 38.2 Å². The molecule has 2 aromatic heterocycles. The van der Waals surface area contributed by atoms with Crippen molar-refractivity contribution in [3.8, 4) is 0 Å². The number of hydrogen-bond donors (Lipinski definition) is 2. The van der Waals surface area contributed by atoms with Gasteiger partial charge in [-0.25, -0.2) is 14.6 Å². The Morgan fingerprint density at radius 3 is 2.68 bits per heavy atom. The number of carbonyl (C=O) groups excluding carboxylic acids is 1. The molecule has 10 heteroatoms. The number of ether oxygens (including phenoxy) is 1. The lowest BCUT2D eigenvalue weighted by atomic mass is 9.78. The number of methoxy groups -OCH3 is 1. The minimum Gasteiger partial charge on any atom is -0.383 e. The fraction of sp³-hybridized carbons (Fsp3) is 0.500. The second-order valence-corrected chi connectivity index (χ2v) is 10.0. The molecule has 1 aromatic carbocycles. The van der Waals surface area contributed by atoms with Crippen LogP contribution in [0.4, 0.5) is 5.82 Å². The van der Waals surface area contributed by atoms with Crippen LogP contribution in [0.5, 0.6) is 0 Å². The lowest BCUT2D eigenvalue weighted by Gasteiger charge is -2.28. The van der Waals surface area contributed by atoms with E-state index in [1.54, 1.807) is 25.1 Å². The molecule has 1 fully saturated rings. The highest BCUT2D eigenvalue weighted by Gasteiger charge is 2.42. The molecule has 0 atom stereocenters. The highest BCUT2D eigenvalue weighted by Crippen LogP contribution is 2.41. The van der Waals surface area contributed by atoms with Crippen molar-refractivity contribution in [1.29, 1.82) is 0 Å². The number of thioether (sulfide) groups is 1. The summed E-state index contributed by atoms with van der Waals surface area (Å²) in [7, 11) is 1.67. The van der Waals surface area contributed by atoms with E-state index in [0.717, 1.165) is 53.9 Å². The molecule has 0 radical (unpaired) electrons. The number of rotatable bonds is 11. The number of nitrogens with one attached hydrogen (secondary N) is 2. The van der Waals surface area contributed by atoms with E-state index in [0.29, 0.717) is 36.4 Å². The Morgan fingerprint density at radius 1 is 1.21 bits per heavy atom. The van der Waals surface area contributed by atoms with Crippen molar-refractivity contribution in [2.45, 2.75) is 49.7 Å². The molecule has 1 aliphatic rings. The van der Waals surface area contributed by atoms with Crippen LogP contribution in [-0.4, -0.2) is 58.2 Å². The molecule has 1 amide bonds. The van der Waals surface area contributed by atoms with E-state index < -0.39 is 5.41 Å². The number of halogens is 1. The van der Waals surface area contributed by atoms with E-state index >= 15 is 0 Å². The zero-order chi connectivity index (χ0) is 24.0. The van der Waals surface area contributed by atoms with Gasteiger partial charge in [0, 0.05) is 25.2 Å². The van der Waals surface area contributed by atoms with E-state index in [1.807, 2.05) is 28.9 Å². The topological polar surface area (TPSA) is 94.0 Å². The van der Waals surface area contributed by atoms with Crippen LogP contribution in [-0.2, 0) is 21.5 Å². The smallest absolute Gasteiger partial charge is 0.230 e. The minimum atomic E-state index is -0.484. The van der Waals surface area contributed by atoms with Crippen LogP contribution < -0.4 is 10.6 Å². The van der Waals surface area contributed by atoms with Crippen molar-refractivity contribution in [3.05, 3.63) is 41.0 Å². The van der Waals surface area contributed by atoms with E-state index in [2.05, 4.69) is 27.6 Å². The molecule has 0 saturated heterocycles. The van der Waals surface area contributed by atoms with Gasteiger partial charge in [-0.05, 0) is 36.3 Å². The molecule has 4 rings (SSSR count). The molecule has 182 valence electrons. The summed E-state index contributed by atoms with van der Waals surface area (Å²) in [5.41, 5.74) is 1.31. The molecule has 0 bridgehead atoms. The first kappa shape index (κ1) is 24.8. The fourth-order valence-electron chi connectivity index (χ4n) is 4.54. The largest absolute Gasteiger partial charge is 0.383 e. The third kappa shape index (κ3) is 5.31. The lowest BCUT2D eigenvalue weighted by Crippen LogP contribution is -2.43. The Balaban J connectivity index is 1.48. The summed E-state index contributed by atoms with van der Waals surface area (Å²) in [5, 5.41) is 13.3. The summed E-state index contributed by atoms with van der Waals surface area (Å²) < 4.78 is 6.98. The summed E-state index contributed by atoms with van der Waals surface area (Å²) in [6, 6.07) is 7.69. The van der Waals surface area contributed by atoms with Gasteiger partial charge in [-0.1, -0.05) is 55.3 Å². The van der Waals surface area contributed by atoms with E-state index in [-0.39, 0.29) is 5.91 Å². The number of fused-ring (bicyclic) bond motifs is 1. The number of carbonyl (C=O) groups is 1. The fourth-order valence-corrected chi connectivity index (χ4v) is 5.23. The molecule has 0 spiro atoms. The average Bonchev–Trinajstić information content (AvgIpc) is 3.49. The standard InChI is InChI=1S/C24H31ClN6O2S/c1-3-34-23-29-20(26-13-15-33-2)19-16-28-31(21(19)30-23)14-12-27-22(32)24(10-4-5-11-24)17-6-8-18(25)9-7-17/h6-9,16H,3-5,10-15H2,1-2H3,(H,27,32)(H,26,29,30). The van der Waals surface area contributed by atoms with Crippen LogP contribution in [0.3, 0.4) is 0 Å². The van der Waals surface area contributed by atoms with E-state index in [1.165, 1.54) is 0 Å². The Hall–Kier alpha value is -2.36. The van der Waals surface area contributed by atoms with Crippen LogP contribution in [0.2, 0.25) is 5.02 Å². The average molecular weight is 503 g/mol. The van der Waals surface area contributed by atoms with Crippen molar-refractivity contribution in [3.63, 3.8) is 0 Å². The SMILES string of the molecule is CCSc1nc(NCCOC)c2cnn(CCNC(=O)C3(c4ccc(Cl)cc4)CCCC3)c2n1. The number of amides is 1. The molecular weight excluding hydrogens is 472 g/mol. The van der Waals surface area contributed by atoms with E-state index in [4.69, 9.17) is 21.3 Å². The molecule has 2 heterocycles. The van der Waals surface area contributed by atoms with Crippen LogP contribution in [0.25, 0.3) is 11.0 Å². The van der Waals surface area contributed by atoms with Crippen molar-refractivity contribution in [1.82, 2.24) is 25.1 Å². The predicted octanol–water partition coefficient (Wildman–Crippen LogP) is 4.28. The van der Waals surface area contributed by atoms with Gasteiger partial charge in [0.05, 0.1) is 30.1 Å². The van der Waals surface area contributed by atoms with Gasteiger partial charge >= 0.3 is 0 Å². The summed E-state index contributed by atoms with van der Waals surface area (Å²) in [6.07, 6.45) is 5.58. The number of hydrogen-bond acceptors (Lipinski definition) is 7. The Kier molecular flexibility index (Phi) is 8.28. The van der Waals surface area contributed by atoms with Gasteiger partial charge in [-0.15, -0.1) is 0 Å². The maximum atomic E-state index is 13.4. The second kappa shape index (κ2) is 11.4. The molecule has 0 aliphatic heterocycles. The van der Waals surface area contributed by atoms with Gasteiger partial charge in [0.1, 0.15) is 5.82 Å². The highest BCUT2D eigenvalue weighted by molar-refractivity contribution is 7.99. The number of anilines is 1. The Morgan fingerprint density at radius 2 is 1.97 bits per heavy atom. The second-order valence-electron chi connectivity index (χ2n) is 8.36. The third-order valence-electron chi connectivity index (χ3n) is 6.25. The molecular formula is C24H31ClN6O2S. The Bertz CT molecular complexity index is 1110. The lowest BCUT2D eigenvalue weighted by molar-refractivity contribution is -0.126. The first-order valence-corrected chi connectivity index (χ1v) is 13.1. The summed E-state index contributed by atoms with van der Waals surface area (Å²) >= 11 is 7.66. The van der Waals surface area contributed by atoms with Crippen LogP contribution in [0.15, 0.2) is 35.6 Å². The van der Waals surface area contributed by atoms with Crippen molar-refractivity contribution < 1.29 is 9.53 Å². The molecule has 1 saturated carbocycles. The van der Waals surface area contributed by atoms with Gasteiger partial charge in [0.15, 0.2) is 10.8 Å². The first-order chi connectivity index (χ1) is 16.6. The predicted molar refractivity (Wildman–Crippen MR) is 137 cm³/mol. The number of benzene rings is 1. The molecule has 1 aliphatic carbocycles. The zero-order valence-corrected chi connectivity index (χ0v) is 21.2. The van der Waals surface area contributed by atoms with Crippen LogP contribution in [0, 0.1) is 0 Å². The van der Waals surface area contributed by atoms with Gasteiger partial charge in [-0.3, -0.25) is 4.79 Å². The van der Waals surface area contributed by atoms with Crippen molar-refractivity contribution >= 4 is 46.1 Å². The Labute approximate surface area is 209 Å². The molecule has 34 heavy (non-hydrogen) atoms. The van der Waals surface area contributed by atoms with Gasteiger partial charge < -0.3 is 15.4 Å². The molecule has 3 aromatic rings. The number of nitrogens with zero attached hydrogens (tertiary/aromatic N) is 4. The van der Waals surface area contributed by atoms with E-state index in [9.17, 15) is 4.79 Å². The van der Waals surface area contributed by atoms with Crippen LogP contribution >= 0.6 is 23.4 Å². The van der Waals surface area contributed by atoms with Gasteiger partial charge in [-0.2, -0.15) is 5.10 Å². The maximum absolute atomic E-state index is 13.4. The molecule has 8 nitrogen and oxygen atoms in total. The monoisotopic (exact) mass is 502 g/mol. The first-order valence-electron chi connectivity index (χ1n) is 11.7. The highest BCUT2D eigenvalue weighted by atomic mass is 35.5. The van der Waals surface area contributed by atoms with Crippen molar-refractivity contribution in [2.24, 2.45) is 0 Å². The third-order valence-corrected chi connectivity index (χ3v) is 7.23. The van der Waals surface area contributed by atoms with Crippen molar-refractivity contribution in [2.75, 3.05) is 37.9 Å². The van der Waals surface area contributed by atoms with Gasteiger partial charge in [0.25, 0.3) is 0 Å². The minimum absolute atomic E-state index is 0.0718. The molecule has 0 unspecified atom stereocenters. The number of aromatic nitrogens is 4. The van der Waals surface area contributed by atoms with Gasteiger partial charge in [0.2, 0.25) is 5.91 Å². The molecule has 2 N–H and O–H groups in total. The summed E-state index contributed by atoms with van der Waals surface area (Å²) in [4.78, 5) is 22.7.